The van der Waals surface area contributed by atoms with Crippen LogP contribution in [0.1, 0.15) is 45.6 Å². The maximum absolute atomic E-state index is 12.5. The van der Waals surface area contributed by atoms with Crippen molar-refractivity contribution in [3.05, 3.63) is 48.0 Å². The molecular weight excluding hydrogens is 306 g/mol. The van der Waals surface area contributed by atoms with Crippen molar-refractivity contribution in [1.29, 1.82) is 0 Å². The largest absolute Gasteiger partial charge is 0.443 e. The summed E-state index contributed by atoms with van der Waals surface area (Å²) in [6.07, 6.45) is 2.59. The maximum Gasteiger partial charge on any atom is 0.417 e. The second-order valence-electron chi connectivity index (χ2n) is 6.96. The van der Waals surface area contributed by atoms with Crippen molar-refractivity contribution < 1.29 is 19.1 Å². The molecule has 2 rings (SSSR count). The fourth-order valence-electron chi connectivity index (χ4n) is 2.78. The van der Waals surface area contributed by atoms with Crippen LogP contribution in [0, 0.1) is 0 Å². The van der Waals surface area contributed by atoms with Gasteiger partial charge in [-0.3, -0.25) is 4.79 Å². The minimum absolute atomic E-state index is 0.000686. The van der Waals surface area contributed by atoms with Gasteiger partial charge in [0.05, 0.1) is 6.04 Å². The third-order valence-electron chi connectivity index (χ3n) is 3.71. The molecule has 0 aliphatic carbocycles. The number of amides is 2. The van der Waals surface area contributed by atoms with Crippen LogP contribution in [-0.2, 0) is 14.3 Å². The molecule has 0 N–H and O–H groups in total. The molecule has 0 bridgehead atoms. The molecular formula is C19H23NO4. The number of imide groups is 1. The number of hydrogen-bond donors (Lipinski definition) is 0. The van der Waals surface area contributed by atoms with Crippen molar-refractivity contribution in [2.45, 2.75) is 51.7 Å². The summed E-state index contributed by atoms with van der Waals surface area (Å²) in [6, 6.07) is 8.91. The van der Waals surface area contributed by atoms with Gasteiger partial charge in [-0.15, -0.1) is 0 Å². The first kappa shape index (κ1) is 17.9. The summed E-state index contributed by atoms with van der Waals surface area (Å²) < 4.78 is 5.35. The van der Waals surface area contributed by atoms with Crippen LogP contribution in [-0.4, -0.2) is 34.3 Å². The number of nitrogens with zero attached hydrogens (tertiary/aromatic N) is 1. The van der Waals surface area contributed by atoms with Crippen LogP contribution in [0.25, 0.3) is 0 Å². The Kier molecular flexibility index (Phi) is 5.22. The van der Waals surface area contributed by atoms with Gasteiger partial charge in [-0.2, -0.15) is 0 Å². The van der Waals surface area contributed by atoms with E-state index < -0.39 is 23.6 Å². The Morgan fingerprint density at radius 3 is 2.38 bits per heavy atom. The van der Waals surface area contributed by atoms with E-state index in [9.17, 15) is 14.4 Å². The quantitative estimate of drug-likeness (QED) is 0.849. The monoisotopic (exact) mass is 329 g/mol. The smallest absolute Gasteiger partial charge is 0.417 e. The average Bonchev–Trinajstić information content (AvgIpc) is 2.85. The van der Waals surface area contributed by atoms with E-state index >= 15 is 0 Å². The van der Waals surface area contributed by atoms with Crippen molar-refractivity contribution in [2.75, 3.05) is 0 Å². The minimum Gasteiger partial charge on any atom is -0.443 e. The van der Waals surface area contributed by atoms with Crippen LogP contribution in [0.2, 0.25) is 0 Å². The Bertz CT molecular complexity index is 658. The molecule has 0 spiro atoms. The lowest BCUT2D eigenvalue weighted by molar-refractivity contribution is -0.126. The molecule has 5 nitrogen and oxygen atoms in total. The molecule has 0 aromatic heterocycles. The molecule has 0 saturated heterocycles. The molecule has 24 heavy (non-hydrogen) atoms. The molecule has 1 aliphatic rings. The van der Waals surface area contributed by atoms with Gasteiger partial charge in [0.2, 0.25) is 0 Å². The van der Waals surface area contributed by atoms with Crippen LogP contribution in [0.5, 0.6) is 0 Å². The zero-order valence-corrected chi connectivity index (χ0v) is 14.5. The summed E-state index contributed by atoms with van der Waals surface area (Å²) in [5.41, 5.74) is 0.207. The number of carbonyl (C=O) groups is 3. The number of rotatable bonds is 4. The zero-order valence-electron chi connectivity index (χ0n) is 14.5. The highest BCUT2D eigenvalue weighted by atomic mass is 16.6. The molecule has 1 aliphatic heterocycles. The minimum atomic E-state index is -0.701. The first-order valence-corrected chi connectivity index (χ1v) is 7.98. The van der Waals surface area contributed by atoms with Crippen LogP contribution < -0.4 is 0 Å². The summed E-state index contributed by atoms with van der Waals surface area (Å²) >= 11 is 0. The van der Waals surface area contributed by atoms with Crippen LogP contribution >= 0.6 is 0 Å². The van der Waals surface area contributed by atoms with E-state index in [0.717, 1.165) is 10.5 Å². The highest BCUT2D eigenvalue weighted by Crippen LogP contribution is 2.32. The second-order valence-corrected chi connectivity index (χ2v) is 6.96. The van der Waals surface area contributed by atoms with Gasteiger partial charge in [0, 0.05) is 18.4 Å². The van der Waals surface area contributed by atoms with E-state index in [4.69, 9.17) is 4.74 Å². The van der Waals surface area contributed by atoms with Crippen molar-refractivity contribution in [1.82, 2.24) is 4.90 Å². The lowest BCUT2D eigenvalue weighted by Gasteiger charge is -2.31. The molecule has 0 unspecified atom stereocenters. The van der Waals surface area contributed by atoms with E-state index in [1.807, 2.05) is 30.3 Å². The van der Waals surface area contributed by atoms with Crippen LogP contribution in [0.15, 0.2) is 42.5 Å². The molecule has 2 amide bonds. The predicted octanol–water partition coefficient (Wildman–Crippen LogP) is 3.45. The number of ketones is 1. The first-order valence-electron chi connectivity index (χ1n) is 7.98. The fourth-order valence-corrected chi connectivity index (χ4v) is 2.78. The SMILES string of the molecule is CC(=O)C[C@@H](c1ccccc1)[C@@H]1C=CC(=O)N1C(=O)OC(C)(C)C. The molecule has 0 saturated carbocycles. The standard InChI is InChI=1S/C19H23NO4/c1-13(21)12-15(14-8-6-5-7-9-14)16-10-11-17(22)20(16)18(23)24-19(2,3)4/h5-11,15-16H,12H2,1-4H3/t15-,16-/m0/s1. The van der Waals surface area contributed by atoms with Gasteiger partial charge in [0.1, 0.15) is 11.4 Å². The number of Topliss-reactive ketones (excluding diaryl/α,β-unsaturated/α-hetero) is 1. The normalized spacial score (nSPS) is 18.6. The lowest BCUT2D eigenvalue weighted by Crippen LogP contribution is -2.45. The molecule has 5 heteroatoms. The van der Waals surface area contributed by atoms with Crippen molar-refractivity contribution in [2.24, 2.45) is 0 Å². The Balaban J connectivity index is 2.33. The van der Waals surface area contributed by atoms with E-state index in [1.54, 1.807) is 26.8 Å². The summed E-state index contributed by atoms with van der Waals surface area (Å²) in [4.78, 5) is 37.5. The lowest BCUT2D eigenvalue weighted by atomic mass is 9.87. The summed E-state index contributed by atoms with van der Waals surface area (Å²) in [5, 5.41) is 0. The number of benzene rings is 1. The third-order valence-corrected chi connectivity index (χ3v) is 3.71. The van der Waals surface area contributed by atoms with Gasteiger partial charge < -0.3 is 9.53 Å². The molecule has 0 fully saturated rings. The summed E-state index contributed by atoms with van der Waals surface area (Å²) in [7, 11) is 0. The summed E-state index contributed by atoms with van der Waals surface area (Å²) in [5.74, 6) is -0.710. The average molecular weight is 329 g/mol. The van der Waals surface area contributed by atoms with E-state index in [0.29, 0.717) is 0 Å². The van der Waals surface area contributed by atoms with Crippen molar-refractivity contribution in [3.63, 3.8) is 0 Å². The molecule has 1 heterocycles. The number of hydrogen-bond acceptors (Lipinski definition) is 4. The number of ether oxygens (including phenoxy) is 1. The molecule has 1 aromatic carbocycles. The van der Waals surface area contributed by atoms with Gasteiger partial charge >= 0.3 is 6.09 Å². The molecule has 2 atom stereocenters. The molecule has 1 aromatic rings. The van der Waals surface area contributed by atoms with Gasteiger partial charge in [-0.25, -0.2) is 9.69 Å². The van der Waals surface area contributed by atoms with Gasteiger partial charge in [0.15, 0.2) is 0 Å². The number of carbonyl (C=O) groups excluding carboxylic acids is 3. The van der Waals surface area contributed by atoms with Crippen molar-refractivity contribution in [3.8, 4) is 0 Å². The zero-order chi connectivity index (χ0) is 17.9. The first-order chi connectivity index (χ1) is 11.2. The Labute approximate surface area is 142 Å². The van der Waals surface area contributed by atoms with Gasteiger partial charge in [-0.05, 0) is 33.3 Å². The molecule has 0 radical (unpaired) electrons. The topological polar surface area (TPSA) is 63.7 Å². The maximum atomic E-state index is 12.5. The van der Waals surface area contributed by atoms with Gasteiger partial charge in [0.25, 0.3) is 5.91 Å². The third kappa shape index (κ3) is 4.31. The van der Waals surface area contributed by atoms with Crippen LogP contribution in [0.3, 0.4) is 0 Å². The molecule has 128 valence electrons. The predicted molar refractivity (Wildman–Crippen MR) is 90.5 cm³/mol. The summed E-state index contributed by atoms with van der Waals surface area (Å²) in [6.45, 7) is 6.75. The van der Waals surface area contributed by atoms with E-state index in [1.165, 1.54) is 13.0 Å². The Hall–Kier alpha value is -2.43. The van der Waals surface area contributed by atoms with Crippen molar-refractivity contribution >= 4 is 17.8 Å². The van der Waals surface area contributed by atoms with E-state index in [-0.39, 0.29) is 18.1 Å². The Morgan fingerprint density at radius 1 is 1.21 bits per heavy atom. The Morgan fingerprint density at radius 2 is 1.83 bits per heavy atom. The van der Waals surface area contributed by atoms with E-state index in [2.05, 4.69) is 0 Å². The highest BCUT2D eigenvalue weighted by Gasteiger charge is 2.40. The van der Waals surface area contributed by atoms with Gasteiger partial charge in [-0.1, -0.05) is 36.4 Å². The second kappa shape index (κ2) is 6.99. The highest BCUT2D eigenvalue weighted by molar-refractivity contribution is 6.01. The van der Waals surface area contributed by atoms with Crippen LogP contribution in [0.4, 0.5) is 4.79 Å². The fraction of sp³-hybridized carbons (Fsp3) is 0.421.